The van der Waals surface area contributed by atoms with Crippen LogP contribution in [0.25, 0.3) is 16.6 Å². The third-order valence-corrected chi connectivity index (χ3v) is 7.13. The van der Waals surface area contributed by atoms with E-state index in [9.17, 15) is 18.0 Å². The Morgan fingerprint density at radius 3 is 2.82 bits per heavy atom. The van der Waals surface area contributed by atoms with Gasteiger partial charge in [-0.3, -0.25) is 9.20 Å². The van der Waals surface area contributed by atoms with Gasteiger partial charge in [-0.15, -0.1) is 0 Å². The van der Waals surface area contributed by atoms with Crippen molar-refractivity contribution in [3.63, 3.8) is 0 Å². The fraction of sp³-hybridized carbons (Fsp3) is 0.261. The van der Waals surface area contributed by atoms with Gasteiger partial charge in [0.15, 0.2) is 0 Å². The maximum Gasteiger partial charge on any atom is 0.416 e. The van der Waals surface area contributed by atoms with E-state index in [4.69, 9.17) is 10.5 Å². The van der Waals surface area contributed by atoms with Gasteiger partial charge in [0.1, 0.15) is 23.2 Å². The predicted molar refractivity (Wildman–Crippen MR) is 121 cm³/mol. The largest absolute Gasteiger partial charge is 0.488 e. The molecule has 2 aromatic heterocycles. The summed E-state index contributed by atoms with van der Waals surface area (Å²) in [5.41, 5.74) is 8.15. The summed E-state index contributed by atoms with van der Waals surface area (Å²) in [5, 5.41) is 0. The van der Waals surface area contributed by atoms with Gasteiger partial charge < -0.3 is 15.4 Å². The predicted octanol–water partition coefficient (Wildman–Crippen LogP) is 4.98. The topological polar surface area (TPSA) is 85.8 Å². The van der Waals surface area contributed by atoms with E-state index in [1.165, 1.54) is 6.07 Å². The minimum Gasteiger partial charge on any atom is -0.488 e. The highest BCUT2D eigenvalue weighted by Crippen LogP contribution is 2.47. The number of nitrogens with two attached hydrogens (primary N) is 1. The molecular weight excluding hydrogens is 515 g/mol. The van der Waals surface area contributed by atoms with Gasteiger partial charge >= 0.3 is 6.18 Å². The van der Waals surface area contributed by atoms with Crippen LogP contribution in [0.5, 0.6) is 5.75 Å². The number of aromatic nitrogens is 3. The number of likely N-dealkylation sites (tertiary alicyclic amines) is 1. The van der Waals surface area contributed by atoms with Crippen molar-refractivity contribution in [2.45, 2.75) is 31.2 Å². The first kappa shape index (κ1) is 21.2. The molecule has 2 aliphatic heterocycles. The highest BCUT2D eigenvalue weighted by atomic mass is 79.9. The summed E-state index contributed by atoms with van der Waals surface area (Å²) in [6.45, 7) is 0.467. The van der Waals surface area contributed by atoms with Crippen molar-refractivity contribution in [1.82, 2.24) is 19.3 Å². The standard InChI is InChI=1S/C23H17BrF3N5O2/c24-14-8-15-16(32-10-29-9-17(32)21(28)30-15)7-13(14)22(33)31-5-1-2-18-20(31)12-4-3-11(23(25,26)27)6-19(12)34-18/h3-4,6-10,18,20H,1-2,5H2,(H2,28,30)/t18-,20-/m0/s1. The first-order chi connectivity index (χ1) is 16.2. The van der Waals surface area contributed by atoms with Gasteiger partial charge in [-0.05, 0) is 53.0 Å². The van der Waals surface area contributed by atoms with E-state index < -0.39 is 23.9 Å². The Morgan fingerprint density at radius 2 is 2.03 bits per heavy atom. The number of alkyl halides is 3. The molecular formula is C23H17BrF3N5O2. The third-order valence-electron chi connectivity index (χ3n) is 6.47. The lowest BCUT2D eigenvalue weighted by molar-refractivity contribution is -0.137. The van der Waals surface area contributed by atoms with Crippen LogP contribution in [-0.2, 0) is 6.18 Å². The van der Waals surface area contributed by atoms with Gasteiger partial charge in [0.05, 0.1) is 40.7 Å². The Labute approximate surface area is 199 Å². The molecule has 0 saturated carbocycles. The summed E-state index contributed by atoms with van der Waals surface area (Å²) in [6, 6.07) is 6.49. The van der Waals surface area contributed by atoms with E-state index in [1.807, 2.05) is 0 Å². The Morgan fingerprint density at radius 1 is 1.21 bits per heavy atom. The Kier molecular flexibility index (Phi) is 4.57. The number of benzene rings is 2. The Bertz CT molecular complexity index is 1490. The number of nitrogen functional groups attached to an aromatic ring is 1. The van der Waals surface area contributed by atoms with Crippen LogP contribution in [0.15, 0.2) is 47.3 Å². The second kappa shape index (κ2) is 7.33. The number of ether oxygens (including phenoxy) is 1. The molecule has 2 N–H and O–H groups in total. The molecule has 1 amide bonds. The zero-order chi connectivity index (χ0) is 23.8. The van der Waals surface area contributed by atoms with E-state index in [2.05, 4.69) is 25.9 Å². The number of nitrogens with zero attached hydrogens (tertiary/aromatic N) is 4. The van der Waals surface area contributed by atoms with Crippen molar-refractivity contribution in [2.75, 3.05) is 12.3 Å². The fourth-order valence-electron chi connectivity index (χ4n) is 4.92. The van der Waals surface area contributed by atoms with Gasteiger partial charge in [-0.25, -0.2) is 9.97 Å². The monoisotopic (exact) mass is 531 g/mol. The van der Waals surface area contributed by atoms with Crippen LogP contribution < -0.4 is 10.5 Å². The number of fused-ring (bicyclic) bond motifs is 6. The molecule has 2 atom stereocenters. The summed E-state index contributed by atoms with van der Waals surface area (Å²) >= 11 is 3.49. The van der Waals surface area contributed by atoms with Crippen molar-refractivity contribution in [1.29, 1.82) is 0 Å². The third kappa shape index (κ3) is 3.13. The normalized spacial score (nSPS) is 19.8. The van der Waals surface area contributed by atoms with E-state index in [-0.39, 0.29) is 11.7 Å². The van der Waals surface area contributed by atoms with Crippen molar-refractivity contribution in [2.24, 2.45) is 0 Å². The summed E-state index contributed by atoms with van der Waals surface area (Å²) in [6.07, 6.45) is -0.313. The number of anilines is 1. The SMILES string of the molecule is Nc1nc2cc(Br)c(C(=O)N3CCC[C@@H]4Oc5cc(C(F)(F)F)ccc5[C@@H]43)cc2n2cncc12. The lowest BCUT2D eigenvalue weighted by Crippen LogP contribution is -2.44. The molecule has 0 bridgehead atoms. The van der Waals surface area contributed by atoms with E-state index in [1.54, 1.807) is 34.0 Å². The van der Waals surface area contributed by atoms with Crippen molar-refractivity contribution in [3.8, 4) is 5.75 Å². The average Bonchev–Trinajstić information content (AvgIpc) is 3.42. The van der Waals surface area contributed by atoms with Crippen LogP contribution in [0.3, 0.4) is 0 Å². The van der Waals surface area contributed by atoms with Gasteiger partial charge in [-0.2, -0.15) is 13.2 Å². The molecule has 6 rings (SSSR count). The van der Waals surface area contributed by atoms with Gasteiger partial charge in [-0.1, -0.05) is 6.07 Å². The van der Waals surface area contributed by atoms with Crippen LogP contribution in [0, 0.1) is 0 Å². The smallest absolute Gasteiger partial charge is 0.416 e. The molecule has 34 heavy (non-hydrogen) atoms. The number of carbonyl (C=O) groups is 1. The molecule has 0 unspecified atom stereocenters. The van der Waals surface area contributed by atoms with Crippen molar-refractivity contribution >= 4 is 44.2 Å². The fourth-order valence-corrected chi connectivity index (χ4v) is 5.42. The summed E-state index contributed by atoms with van der Waals surface area (Å²) < 4.78 is 47.8. The molecule has 2 aromatic carbocycles. The molecule has 1 fully saturated rings. The van der Waals surface area contributed by atoms with Gasteiger partial charge in [0.2, 0.25) is 0 Å². The minimum atomic E-state index is -4.46. The number of hydrogen-bond donors (Lipinski definition) is 1. The average molecular weight is 532 g/mol. The maximum atomic E-state index is 13.8. The van der Waals surface area contributed by atoms with E-state index in [0.29, 0.717) is 57.4 Å². The first-order valence-corrected chi connectivity index (χ1v) is 11.4. The van der Waals surface area contributed by atoms with Crippen LogP contribution in [0.2, 0.25) is 0 Å². The Hall–Kier alpha value is -3.34. The molecule has 4 aromatic rings. The number of halogens is 4. The molecule has 4 heterocycles. The number of piperidine rings is 1. The number of imidazole rings is 1. The van der Waals surface area contributed by atoms with Crippen LogP contribution >= 0.6 is 15.9 Å². The number of carbonyl (C=O) groups excluding carboxylic acids is 1. The number of hydrogen-bond acceptors (Lipinski definition) is 5. The highest BCUT2D eigenvalue weighted by Gasteiger charge is 2.44. The zero-order valence-electron chi connectivity index (χ0n) is 17.5. The minimum absolute atomic E-state index is 0.182. The van der Waals surface area contributed by atoms with Crippen LogP contribution in [0.4, 0.5) is 19.0 Å². The summed E-state index contributed by atoms with van der Waals surface area (Å²) in [4.78, 5) is 24.0. The highest BCUT2D eigenvalue weighted by molar-refractivity contribution is 9.10. The quantitative estimate of drug-likeness (QED) is 0.374. The molecule has 2 aliphatic rings. The van der Waals surface area contributed by atoms with Crippen molar-refractivity contribution < 1.29 is 22.7 Å². The maximum absolute atomic E-state index is 13.8. The van der Waals surface area contributed by atoms with Crippen LogP contribution in [0.1, 0.15) is 40.4 Å². The lowest BCUT2D eigenvalue weighted by Gasteiger charge is -2.37. The second-order valence-corrected chi connectivity index (χ2v) is 9.31. The van der Waals surface area contributed by atoms with E-state index in [0.717, 1.165) is 12.1 Å². The number of rotatable bonds is 1. The molecule has 0 aliphatic carbocycles. The second-order valence-electron chi connectivity index (χ2n) is 8.46. The molecule has 0 spiro atoms. The molecule has 11 heteroatoms. The van der Waals surface area contributed by atoms with E-state index >= 15 is 0 Å². The zero-order valence-corrected chi connectivity index (χ0v) is 19.1. The van der Waals surface area contributed by atoms with Crippen molar-refractivity contribution in [3.05, 3.63) is 64.0 Å². The lowest BCUT2D eigenvalue weighted by atomic mass is 9.93. The van der Waals surface area contributed by atoms with Gasteiger partial charge in [0, 0.05) is 16.6 Å². The van der Waals surface area contributed by atoms with Crippen LogP contribution in [-0.4, -0.2) is 37.8 Å². The summed E-state index contributed by atoms with van der Waals surface area (Å²) in [5.74, 6) is 0.264. The molecule has 0 radical (unpaired) electrons. The Balaban J connectivity index is 1.43. The first-order valence-electron chi connectivity index (χ1n) is 10.6. The number of amides is 1. The molecule has 7 nitrogen and oxygen atoms in total. The molecule has 174 valence electrons. The van der Waals surface area contributed by atoms with Gasteiger partial charge in [0.25, 0.3) is 5.91 Å². The molecule has 1 saturated heterocycles. The summed E-state index contributed by atoms with van der Waals surface area (Å²) in [7, 11) is 0.